The Morgan fingerprint density at radius 3 is 2.44 bits per heavy atom. The highest BCUT2D eigenvalue weighted by Crippen LogP contribution is 2.30. The zero-order valence-corrected chi connectivity index (χ0v) is 14.9. The van der Waals surface area contributed by atoms with Crippen LogP contribution in [0.3, 0.4) is 0 Å². The fraction of sp³-hybridized carbons (Fsp3) is 0.278. The first kappa shape index (κ1) is 18.7. The van der Waals surface area contributed by atoms with Gasteiger partial charge in [-0.2, -0.15) is 13.2 Å². The molecule has 0 saturated heterocycles. The van der Waals surface area contributed by atoms with Gasteiger partial charge in [0.2, 0.25) is 0 Å². The quantitative estimate of drug-likeness (QED) is 0.755. The number of carbonyl (C=O) groups is 1. The average molecular weight is 378 g/mol. The Hall–Kier alpha value is -3.10. The van der Waals surface area contributed by atoms with E-state index in [1.165, 1.54) is 6.07 Å². The van der Waals surface area contributed by atoms with Crippen LogP contribution in [0.1, 0.15) is 22.3 Å². The summed E-state index contributed by atoms with van der Waals surface area (Å²) in [6.07, 6.45) is -4.50. The second-order valence-electron chi connectivity index (χ2n) is 6.26. The number of amides is 1. The number of nitrogens with zero attached hydrogens (tertiary/aromatic N) is 3. The van der Waals surface area contributed by atoms with Crippen LogP contribution in [0, 0.1) is 20.8 Å². The van der Waals surface area contributed by atoms with E-state index in [2.05, 4.69) is 15.6 Å². The van der Waals surface area contributed by atoms with Crippen LogP contribution in [0.2, 0.25) is 0 Å². The summed E-state index contributed by atoms with van der Waals surface area (Å²) >= 11 is 0. The SMILES string of the molecule is Cc1cc(C)c(NC(=O)COn2nnc3ccc(C(F)(F)F)cc32)c(C)c1. The molecule has 0 unspecified atom stereocenters. The van der Waals surface area contributed by atoms with Gasteiger partial charge in [0.15, 0.2) is 6.61 Å². The smallest absolute Gasteiger partial charge is 0.385 e. The van der Waals surface area contributed by atoms with Crippen molar-refractivity contribution < 1.29 is 22.8 Å². The molecule has 3 rings (SSSR count). The molecule has 0 bridgehead atoms. The second-order valence-corrected chi connectivity index (χ2v) is 6.26. The van der Waals surface area contributed by atoms with Gasteiger partial charge in [-0.1, -0.05) is 22.5 Å². The molecule has 0 radical (unpaired) electrons. The van der Waals surface area contributed by atoms with Gasteiger partial charge in [0.1, 0.15) is 11.0 Å². The van der Waals surface area contributed by atoms with E-state index in [1.54, 1.807) is 0 Å². The number of hydrogen-bond acceptors (Lipinski definition) is 4. The van der Waals surface area contributed by atoms with Crippen LogP contribution < -0.4 is 10.2 Å². The third-order valence-corrected chi connectivity index (χ3v) is 4.00. The highest BCUT2D eigenvalue weighted by atomic mass is 19.4. The van der Waals surface area contributed by atoms with E-state index in [0.29, 0.717) is 5.69 Å². The van der Waals surface area contributed by atoms with Gasteiger partial charge in [-0.25, -0.2) is 0 Å². The first-order valence-corrected chi connectivity index (χ1v) is 8.09. The lowest BCUT2D eigenvalue weighted by atomic mass is 10.1. The Balaban J connectivity index is 1.74. The molecule has 1 aromatic heterocycles. The molecule has 27 heavy (non-hydrogen) atoms. The highest BCUT2D eigenvalue weighted by Gasteiger charge is 2.31. The van der Waals surface area contributed by atoms with Gasteiger partial charge in [-0.3, -0.25) is 4.79 Å². The van der Waals surface area contributed by atoms with E-state index >= 15 is 0 Å². The predicted molar refractivity (Wildman–Crippen MR) is 93.3 cm³/mol. The van der Waals surface area contributed by atoms with Crippen molar-refractivity contribution in [3.63, 3.8) is 0 Å². The Bertz CT molecular complexity index is 988. The Morgan fingerprint density at radius 1 is 1.15 bits per heavy atom. The summed E-state index contributed by atoms with van der Waals surface area (Å²) in [5.41, 5.74) is 2.97. The fourth-order valence-electron chi connectivity index (χ4n) is 2.84. The fourth-order valence-corrected chi connectivity index (χ4v) is 2.84. The number of nitrogens with one attached hydrogen (secondary N) is 1. The first-order valence-electron chi connectivity index (χ1n) is 8.09. The molecule has 142 valence electrons. The van der Waals surface area contributed by atoms with Crippen molar-refractivity contribution in [1.29, 1.82) is 0 Å². The summed E-state index contributed by atoms with van der Waals surface area (Å²) < 4.78 is 38.6. The standard InChI is InChI=1S/C18H17F3N4O2/c1-10-6-11(2)17(12(3)7-10)22-16(26)9-27-25-15-8-13(18(19,20)21)4-5-14(15)23-24-25/h4-8H,9H2,1-3H3,(H,22,26). The highest BCUT2D eigenvalue weighted by molar-refractivity contribution is 5.93. The van der Waals surface area contributed by atoms with Crippen LogP contribution in [0.5, 0.6) is 0 Å². The van der Waals surface area contributed by atoms with Crippen molar-refractivity contribution in [2.24, 2.45) is 0 Å². The van der Waals surface area contributed by atoms with E-state index in [9.17, 15) is 18.0 Å². The third kappa shape index (κ3) is 4.02. The third-order valence-electron chi connectivity index (χ3n) is 4.00. The Labute approximate surface area is 152 Å². The molecular formula is C18H17F3N4O2. The van der Waals surface area contributed by atoms with Crippen molar-refractivity contribution in [2.45, 2.75) is 26.9 Å². The molecule has 0 aliphatic carbocycles. The van der Waals surface area contributed by atoms with Crippen LogP contribution in [-0.4, -0.2) is 27.7 Å². The summed E-state index contributed by atoms with van der Waals surface area (Å²) in [6, 6.07) is 6.86. The number of aromatic nitrogens is 3. The molecule has 0 fully saturated rings. The molecule has 9 heteroatoms. The van der Waals surface area contributed by atoms with Gasteiger partial charge >= 0.3 is 6.18 Å². The summed E-state index contributed by atoms with van der Waals surface area (Å²) in [6.45, 7) is 5.28. The number of aryl methyl sites for hydroxylation is 3. The van der Waals surface area contributed by atoms with Crippen LogP contribution in [0.4, 0.5) is 18.9 Å². The van der Waals surface area contributed by atoms with E-state index in [1.807, 2.05) is 32.9 Å². The van der Waals surface area contributed by atoms with Crippen LogP contribution in [0.25, 0.3) is 11.0 Å². The predicted octanol–water partition coefficient (Wildman–Crippen LogP) is 3.44. The topological polar surface area (TPSA) is 69.0 Å². The number of rotatable bonds is 4. The van der Waals surface area contributed by atoms with E-state index in [4.69, 9.17) is 4.84 Å². The summed E-state index contributed by atoms with van der Waals surface area (Å²) in [5.74, 6) is -0.458. The summed E-state index contributed by atoms with van der Waals surface area (Å²) in [4.78, 5) is 18.2. The van der Waals surface area contributed by atoms with Gasteiger partial charge in [0, 0.05) is 5.69 Å². The number of anilines is 1. The van der Waals surface area contributed by atoms with Gasteiger partial charge in [-0.15, -0.1) is 5.10 Å². The molecule has 6 nitrogen and oxygen atoms in total. The van der Waals surface area contributed by atoms with E-state index < -0.39 is 24.3 Å². The Morgan fingerprint density at radius 2 is 1.81 bits per heavy atom. The summed E-state index contributed by atoms with van der Waals surface area (Å²) in [7, 11) is 0. The summed E-state index contributed by atoms with van der Waals surface area (Å²) in [5, 5.41) is 10.1. The number of hydrogen-bond donors (Lipinski definition) is 1. The monoisotopic (exact) mass is 378 g/mol. The van der Waals surface area contributed by atoms with Gasteiger partial charge < -0.3 is 10.2 Å². The van der Waals surface area contributed by atoms with Gasteiger partial charge in [-0.05, 0) is 55.3 Å². The molecule has 0 saturated carbocycles. The number of halogens is 3. The van der Waals surface area contributed by atoms with E-state index in [-0.39, 0.29) is 11.0 Å². The normalized spacial score (nSPS) is 11.6. The van der Waals surface area contributed by atoms with Crippen molar-refractivity contribution in [1.82, 2.24) is 15.2 Å². The minimum absolute atomic E-state index is 0.0281. The molecule has 3 aromatic rings. The lowest BCUT2D eigenvalue weighted by molar-refractivity contribution is -0.137. The first-order chi connectivity index (χ1) is 12.6. The molecular weight excluding hydrogens is 361 g/mol. The maximum Gasteiger partial charge on any atom is 0.416 e. The lowest BCUT2D eigenvalue weighted by Crippen LogP contribution is -2.26. The molecule has 0 aliphatic heterocycles. The number of carbonyl (C=O) groups excluding carboxylic acids is 1. The molecule has 0 atom stereocenters. The lowest BCUT2D eigenvalue weighted by Gasteiger charge is -2.13. The average Bonchev–Trinajstić information content (AvgIpc) is 2.97. The van der Waals surface area contributed by atoms with Crippen LogP contribution in [-0.2, 0) is 11.0 Å². The Kier molecular flexibility index (Phi) is 4.77. The number of fused-ring (bicyclic) bond motifs is 1. The maximum atomic E-state index is 12.9. The zero-order valence-electron chi connectivity index (χ0n) is 14.9. The van der Waals surface area contributed by atoms with Crippen molar-refractivity contribution in [3.8, 4) is 0 Å². The van der Waals surface area contributed by atoms with Crippen molar-refractivity contribution in [3.05, 3.63) is 52.6 Å². The molecule has 2 aromatic carbocycles. The minimum Gasteiger partial charge on any atom is -0.385 e. The van der Waals surface area contributed by atoms with Crippen molar-refractivity contribution >= 4 is 22.6 Å². The molecule has 1 N–H and O–H groups in total. The van der Waals surface area contributed by atoms with Crippen molar-refractivity contribution in [2.75, 3.05) is 11.9 Å². The van der Waals surface area contributed by atoms with Gasteiger partial charge in [0.05, 0.1) is 5.56 Å². The molecule has 0 aliphatic rings. The van der Waals surface area contributed by atoms with Crippen LogP contribution in [0.15, 0.2) is 30.3 Å². The van der Waals surface area contributed by atoms with Crippen LogP contribution >= 0.6 is 0 Å². The molecule has 0 spiro atoms. The second kappa shape index (κ2) is 6.90. The number of alkyl halides is 3. The largest absolute Gasteiger partial charge is 0.416 e. The number of benzene rings is 2. The maximum absolute atomic E-state index is 12.9. The minimum atomic E-state index is -4.50. The molecule has 1 heterocycles. The zero-order chi connectivity index (χ0) is 19.8. The van der Waals surface area contributed by atoms with Gasteiger partial charge in [0.25, 0.3) is 5.91 Å². The van der Waals surface area contributed by atoms with E-state index in [0.717, 1.165) is 33.7 Å². The molecule has 1 amide bonds.